The van der Waals surface area contributed by atoms with Crippen molar-refractivity contribution in [3.8, 4) is 11.1 Å². The van der Waals surface area contributed by atoms with Gasteiger partial charge in [0.2, 0.25) is 0 Å². The number of hydrogen-bond acceptors (Lipinski definition) is 0. The third-order valence-corrected chi connectivity index (χ3v) is 21.4. The summed E-state index contributed by atoms with van der Waals surface area (Å²) in [5.41, 5.74) is 6.15. The minimum atomic E-state index is -2.25. The van der Waals surface area contributed by atoms with Crippen LogP contribution in [-0.2, 0) is 25.8 Å². The van der Waals surface area contributed by atoms with Gasteiger partial charge in [0.05, 0.1) is 0 Å². The monoisotopic (exact) mass is 468 g/mol. The zero-order valence-corrected chi connectivity index (χ0v) is 21.6. The summed E-state index contributed by atoms with van der Waals surface area (Å²) in [4.78, 5) is 0. The van der Waals surface area contributed by atoms with Crippen LogP contribution in [0.1, 0.15) is 31.4 Å². The van der Waals surface area contributed by atoms with Gasteiger partial charge in [-0.05, 0) is 0 Å². The Morgan fingerprint density at radius 3 is 2.28 bits per heavy atom. The SMILES string of the molecule is CC.Cl.Cl.[CH3][Zr]([SiH3])([C]1=CC=CC1)[c]1cccc2c1Cc1ccccc1-2. The quantitative estimate of drug-likeness (QED) is 0.458. The van der Waals surface area contributed by atoms with Crippen molar-refractivity contribution in [3.05, 3.63) is 75.1 Å². The van der Waals surface area contributed by atoms with Gasteiger partial charge in [0.15, 0.2) is 0 Å². The molecule has 0 heterocycles. The fraction of sp³-hybridized carbons (Fsp3) is 0.238. The predicted octanol–water partition coefficient (Wildman–Crippen LogP) is 5.08. The Bertz CT molecular complexity index is 794. The number of halogens is 2. The van der Waals surface area contributed by atoms with Crippen LogP contribution < -0.4 is 3.27 Å². The fourth-order valence-electron chi connectivity index (χ4n) is 3.83. The summed E-state index contributed by atoms with van der Waals surface area (Å²) in [6.45, 7) is 4.00. The van der Waals surface area contributed by atoms with E-state index in [9.17, 15) is 0 Å². The maximum absolute atomic E-state index is 2.64. The van der Waals surface area contributed by atoms with Crippen LogP contribution in [0.25, 0.3) is 11.1 Å². The fourth-order valence-corrected chi connectivity index (χ4v) is 16.1. The van der Waals surface area contributed by atoms with E-state index < -0.39 is 19.4 Å². The molecule has 2 aliphatic carbocycles. The Morgan fingerprint density at radius 2 is 1.60 bits per heavy atom. The van der Waals surface area contributed by atoms with E-state index in [1.54, 1.807) is 12.1 Å². The van der Waals surface area contributed by atoms with Crippen molar-refractivity contribution in [1.82, 2.24) is 0 Å². The molecule has 2 aromatic carbocycles. The Labute approximate surface area is 171 Å². The normalized spacial score (nSPS) is 15.6. The van der Waals surface area contributed by atoms with Crippen LogP contribution >= 0.6 is 24.8 Å². The summed E-state index contributed by atoms with van der Waals surface area (Å²) in [5.74, 6) is 0. The molecular weight excluding hydrogens is 442 g/mol. The number of allylic oxidation sites excluding steroid dienone is 4. The van der Waals surface area contributed by atoms with Gasteiger partial charge in [0.1, 0.15) is 0 Å². The van der Waals surface area contributed by atoms with E-state index in [4.69, 9.17) is 0 Å². The molecule has 2 aliphatic rings. The van der Waals surface area contributed by atoms with Gasteiger partial charge in [0, 0.05) is 0 Å². The molecule has 0 nitrogen and oxygen atoms in total. The van der Waals surface area contributed by atoms with Gasteiger partial charge < -0.3 is 0 Å². The van der Waals surface area contributed by atoms with Gasteiger partial charge in [0.25, 0.3) is 0 Å². The third kappa shape index (κ3) is 4.14. The third-order valence-electron chi connectivity index (χ3n) is 5.10. The second kappa shape index (κ2) is 9.51. The zero-order chi connectivity index (χ0) is 16.4. The molecule has 0 aliphatic heterocycles. The Balaban J connectivity index is 0.000000755. The first-order valence-electron chi connectivity index (χ1n) is 8.75. The van der Waals surface area contributed by atoms with E-state index in [1.165, 1.54) is 30.5 Å². The van der Waals surface area contributed by atoms with Gasteiger partial charge in [-0.25, -0.2) is 0 Å². The van der Waals surface area contributed by atoms with Crippen LogP contribution in [0.4, 0.5) is 0 Å². The van der Waals surface area contributed by atoms with E-state index in [-0.39, 0.29) is 24.8 Å². The van der Waals surface area contributed by atoms with Crippen molar-refractivity contribution < 1.29 is 19.4 Å². The molecule has 0 saturated heterocycles. The number of hydrogen-bond donors (Lipinski definition) is 0. The molecule has 0 amide bonds. The average molecular weight is 471 g/mol. The number of benzene rings is 2. The second-order valence-electron chi connectivity index (χ2n) is 6.61. The minimum absolute atomic E-state index is 0. The molecule has 134 valence electrons. The second-order valence-corrected chi connectivity index (χ2v) is 29.3. The molecule has 4 rings (SSSR count). The summed E-state index contributed by atoms with van der Waals surface area (Å²) < 4.78 is 6.19. The van der Waals surface area contributed by atoms with Crippen LogP contribution in [0.5, 0.6) is 0 Å². The van der Waals surface area contributed by atoms with E-state index in [2.05, 4.69) is 65.3 Å². The molecule has 0 N–H and O–H groups in total. The van der Waals surface area contributed by atoms with Crippen LogP contribution in [0.3, 0.4) is 0 Å². The summed E-state index contributed by atoms with van der Waals surface area (Å²) >= 11 is -2.25. The Morgan fingerprint density at radius 1 is 0.920 bits per heavy atom. The van der Waals surface area contributed by atoms with E-state index in [0.717, 1.165) is 6.42 Å². The average Bonchev–Trinajstić information content (AvgIpc) is 3.24. The molecule has 2 aromatic rings. The number of fused-ring (bicyclic) bond motifs is 3. The van der Waals surface area contributed by atoms with E-state index in [0.29, 0.717) is 0 Å². The molecule has 4 heteroatoms. The summed E-state index contributed by atoms with van der Waals surface area (Å²) in [7, 11) is 1.36. The van der Waals surface area contributed by atoms with Gasteiger partial charge in [-0.3, -0.25) is 0 Å². The first kappa shape index (κ1) is 22.6. The summed E-state index contributed by atoms with van der Waals surface area (Å²) in [6, 6.07) is 16.0. The predicted molar refractivity (Wildman–Crippen MR) is 118 cm³/mol. The molecule has 25 heavy (non-hydrogen) atoms. The first-order valence-corrected chi connectivity index (χ1v) is 22.0. The van der Waals surface area contributed by atoms with Crippen LogP contribution in [0.15, 0.2) is 64.0 Å². The summed E-state index contributed by atoms with van der Waals surface area (Å²) in [6.07, 6.45) is 9.38. The van der Waals surface area contributed by atoms with Crippen molar-refractivity contribution in [3.63, 3.8) is 0 Å². The Hall–Kier alpha value is -0.400. The molecule has 0 radical (unpaired) electrons. The maximum atomic E-state index is 2.64. The molecule has 0 fully saturated rings. The Kier molecular flexibility index (Phi) is 8.61. The molecule has 0 saturated carbocycles. The first-order chi connectivity index (χ1) is 11.2. The molecule has 0 aromatic heterocycles. The topological polar surface area (TPSA) is 0 Å². The van der Waals surface area contributed by atoms with Crippen molar-refractivity contribution >= 4 is 35.5 Å². The van der Waals surface area contributed by atoms with Crippen LogP contribution in [0.2, 0.25) is 4.63 Å². The van der Waals surface area contributed by atoms with Crippen molar-refractivity contribution in [2.24, 2.45) is 0 Å². The number of rotatable bonds is 2. The summed E-state index contributed by atoms with van der Waals surface area (Å²) in [5, 5.41) is 0. The molecule has 0 bridgehead atoms. The molecule has 1 atom stereocenters. The van der Waals surface area contributed by atoms with E-state index >= 15 is 0 Å². The molecular formula is C21H28Cl2SiZr. The van der Waals surface area contributed by atoms with Gasteiger partial charge in [-0.2, -0.15) is 0 Å². The standard InChI is InChI=1S/C13H9.C5H5.C2H6.CH3.2ClH.H3Si.Zr/c1-3-7-12-10(5-1)9-11-6-2-4-8-13(11)12;1-2-4-5-3-1;1-2;;;;;/h1-5,7-8H,9H2;1-3H,4H2;1-2H3;1H3;2*1H;1H3;. The van der Waals surface area contributed by atoms with Gasteiger partial charge in [-0.1, -0.05) is 13.8 Å². The van der Waals surface area contributed by atoms with Gasteiger partial charge in [-0.15, -0.1) is 24.8 Å². The van der Waals surface area contributed by atoms with Crippen molar-refractivity contribution in [2.75, 3.05) is 0 Å². The molecule has 0 spiro atoms. The van der Waals surface area contributed by atoms with Gasteiger partial charge >= 0.3 is 134 Å². The molecule has 1 unspecified atom stereocenters. The van der Waals surface area contributed by atoms with E-state index in [1.807, 2.05) is 13.8 Å². The van der Waals surface area contributed by atoms with Crippen LogP contribution in [-0.4, -0.2) is 7.37 Å². The van der Waals surface area contributed by atoms with Crippen LogP contribution in [0, 0.1) is 0 Å². The van der Waals surface area contributed by atoms with Crippen molar-refractivity contribution in [2.45, 2.75) is 31.3 Å². The zero-order valence-electron chi connectivity index (χ0n) is 15.5. The van der Waals surface area contributed by atoms with Crippen molar-refractivity contribution in [1.29, 1.82) is 0 Å².